The van der Waals surface area contributed by atoms with Crippen molar-refractivity contribution in [3.63, 3.8) is 0 Å². The third kappa shape index (κ3) is 4.03. The molecule has 0 atom stereocenters. The Labute approximate surface area is 302 Å². The molecule has 2 aliphatic heterocycles. The molecule has 4 heterocycles. The number of rotatable bonds is 3. The van der Waals surface area contributed by atoms with E-state index in [0.29, 0.717) is 5.95 Å². The lowest BCUT2D eigenvalue weighted by molar-refractivity contribution is 0.636. The highest BCUT2D eigenvalue weighted by molar-refractivity contribution is 6.24. The molecule has 2 aromatic heterocycles. The van der Waals surface area contributed by atoms with Gasteiger partial charge in [-0.1, -0.05) is 141 Å². The van der Waals surface area contributed by atoms with Gasteiger partial charge < -0.3 is 4.90 Å². The summed E-state index contributed by atoms with van der Waals surface area (Å²) in [5.74, 6) is 0.671. The Kier molecular flexibility index (Phi) is 6.04. The van der Waals surface area contributed by atoms with Crippen LogP contribution in [0.4, 0.5) is 17.1 Å². The smallest absolute Gasteiger partial charge is 0.235 e. The standard InChI is InChI=1S/C48H34N4/c1-48(2)36-22-12-14-24-40(36)51-39-23-13-10-20-33(39)27-34-28-42-44(45(48)46(34)51)43-35-21-11-9-15-30(35)25-26-41(43)52(42)47-49-37(31-16-5-3-6-17-31)29-38(50-47)32-18-7-4-8-19-32/h3-26,28-29H,27H2,1-2H3. The van der Waals surface area contributed by atoms with Crippen molar-refractivity contribution >= 4 is 49.6 Å². The average molecular weight is 667 g/mol. The van der Waals surface area contributed by atoms with E-state index in [4.69, 9.17) is 9.97 Å². The van der Waals surface area contributed by atoms with Crippen molar-refractivity contribution in [3.05, 3.63) is 180 Å². The fourth-order valence-electron chi connectivity index (χ4n) is 9.03. The molecular weight excluding hydrogens is 633 g/mol. The summed E-state index contributed by atoms with van der Waals surface area (Å²) >= 11 is 0. The van der Waals surface area contributed by atoms with E-state index in [1.807, 2.05) is 0 Å². The van der Waals surface area contributed by atoms with Gasteiger partial charge >= 0.3 is 0 Å². The molecule has 2 aliphatic rings. The normalized spacial score (nSPS) is 14.0. The van der Waals surface area contributed by atoms with E-state index >= 15 is 0 Å². The topological polar surface area (TPSA) is 34.0 Å². The Balaban J connectivity index is 1.33. The number of para-hydroxylation sites is 2. The van der Waals surface area contributed by atoms with Gasteiger partial charge in [-0.15, -0.1) is 0 Å². The summed E-state index contributed by atoms with van der Waals surface area (Å²) < 4.78 is 2.34. The minimum absolute atomic E-state index is 0.291. The predicted octanol–water partition coefficient (Wildman–Crippen LogP) is 12.1. The Morgan fingerprint density at radius 2 is 1.17 bits per heavy atom. The molecule has 0 amide bonds. The maximum absolute atomic E-state index is 5.40. The van der Waals surface area contributed by atoms with Crippen LogP contribution in [0, 0.1) is 0 Å². The third-order valence-corrected chi connectivity index (χ3v) is 11.3. The molecule has 0 bridgehead atoms. The number of fused-ring (bicyclic) bond motifs is 10. The van der Waals surface area contributed by atoms with Crippen LogP contribution in [0.5, 0.6) is 0 Å². The lowest BCUT2D eigenvalue weighted by Gasteiger charge is -2.46. The maximum atomic E-state index is 5.40. The van der Waals surface area contributed by atoms with Crippen LogP contribution in [0.25, 0.3) is 61.0 Å². The minimum Gasteiger partial charge on any atom is -0.309 e. The fraction of sp³-hybridized carbons (Fsp3) is 0.0833. The van der Waals surface area contributed by atoms with Gasteiger partial charge in [0.05, 0.1) is 33.8 Å². The maximum Gasteiger partial charge on any atom is 0.235 e. The van der Waals surface area contributed by atoms with Crippen LogP contribution >= 0.6 is 0 Å². The molecule has 0 saturated carbocycles. The second kappa shape index (κ2) is 10.7. The zero-order valence-electron chi connectivity index (χ0n) is 29.0. The molecule has 11 rings (SSSR count). The van der Waals surface area contributed by atoms with E-state index in [0.717, 1.165) is 40.0 Å². The van der Waals surface area contributed by atoms with Gasteiger partial charge in [-0.3, -0.25) is 4.57 Å². The summed E-state index contributed by atoms with van der Waals surface area (Å²) in [4.78, 5) is 13.3. The van der Waals surface area contributed by atoms with Gasteiger partial charge in [0.15, 0.2) is 0 Å². The molecule has 52 heavy (non-hydrogen) atoms. The zero-order chi connectivity index (χ0) is 34.6. The van der Waals surface area contributed by atoms with Gasteiger partial charge in [0.2, 0.25) is 5.95 Å². The second-order valence-electron chi connectivity index (χ2n) is 14.6. The van der Waals surface area contributed by atoms with E-state index in [-0.39, 0.29) is 5.41 Å². The largest absolute Gasteiger partial charge is 0.309 e. The quantitative estimate of drug-likeness (QED) is 0.188. The summed E-state index contributed by atoms with van der Waals surface area (Å²) in [6.45, 7) is 4.82. The number of nitrogens with zero attached hydrogens (tertiary/aromatic N) is 4. The molecule has 9 aromatic rings. The number of anilines is 3. The molecule has 0 saturated heterocycles. The lowest BCUT2D eigenvalue weighted by Crippen LogP contribution is -2.33. The molecule has 0 N–H and O–H groups in total. The van der Waals surface area contributed by atoms with Crippen molar-refractivity contribution < 1.29 is 0 Å². The Morgan fingerprint density at radius 1 is 0.538 bits per heavy atom. The third-order valence-electron chi connectivity index (χ3n) is 11.3. The van der Waals surface area contributed by atoms with Crippen LogP contribution in [0.3, 0.4) is 0 Å². The molecule has 4 nitrogen and oxygen atoms in total. The molecule has 0 aliphatic carbocycles. The molecule has 0 spiro atoms. The van der Waals surface area contributed by atoms with Crippen molar-refractivity contribution in [1.82, 2.24) is 14.5 Å². The Hall–Kier alpha value is -6.52. The van der Waals surface area contributed by atoms with Gasteiger partial charge in [-0.05, 0) is 63.4 Å². The minimum atomic E-state index is -0.291. The van der Waals surface area contributed by atoms with Crippen LogP contribution in [-0.2, 0) is 11.8 Å². The summed E-state index contributed by atoms with van der Waals surface area (Å²) in [5.41, 5.74) is 15.0. The SMILES string of the molecule is CC1(C)c2ccccc2N2c3ccccc3Cc3cc4c(c1c32)c1c2ccccc2ccc1n4-c1nc(-c2ccccc2)cc(-c2ccccc2)n1. The molecular formula is C48H34N4. The zero-order valence-corrected chi connectivity index (χ0v) is 29.0. The van der Waals surface area contributed by atoms with Crippen molar-refractivity contribution in [2.75, 3.05) is 4.90 Å². The Morgan fingerprint density at radius 3 is 1.92 bits per heavy atom. The molecule has 246 valence electrons. The molecule has 4 heteroatoms. The second-order valence-corrected chi connectivity index (χ2v) is 14.6. The van der Waals surface area contributed by atoms with E-state index in [2.05, 4.69) is 181 Å². The molecule has 0 fully saturated rings. The highest BCUT2D eigenvalue weighted by atomic mass is 15.2. The lowest BCUT2D eigenvalue weighted by atomic mass is 9.70. The first-order chi connectivity index (χ1) is 25.6. The molecule has 7 aromatic carbocycles. The predicted molar refractivity (Wildman–Crippen MR) is 214 cm³/mol. The van der Waals surface area contributed by atoms with E-state index < -0.39 is 0 Å². The monoisotopic (exact) mass is 666 g/mol. The fourth-order valence-corrected chi connectivity index (χ4v) is 9.03. The van der Waals surface area contributed by atoms with Gasteiger partial charge in [0, 0.05) is 39.4 Å². The van der Waals surface area contributed by atoms with Crippen molar-refractivity contribution in [3.8, 4) is 28.5 Å². The number of hydrogen-bond acceptors (Lipinski definition) is 3. The van der Waals surface area contributed by atoms with Crippen molar-refractivity contribution in [1.29, 1.82) is 0 Å². The van der Waals surface area contributed by atoms with E-state index in [1.165, 1.54) is 60.9 Å². The summed E-state index contributed by atoms with van der Waals surface area (Å²) in [6, 6.07) is 56.7. The first kappa shape index (κ1) is 29.2. The molecule has 0 radical (unpaired) electrons. The summed E-state index contributed by atoms with van der Waals surface area (Å²) in [6.07, 6.45) is 0.853. The summed E-state index contributed by atoms with van der Waals surface area (Å²) in [7, 11) is 0. The van der Waals surface area contributed by atoms with Crippen LogP contribution < -0.4 is 4.90 Å². The number of hydrogen-bond donors (Lipinski definition) is 0. The highest BCUT2D eigenvalue weighted by Crippen LogP contribution is 2.59. The van der Waals surface area contributed by atoms with Crippen LogP contribution in [-0.4, -0.2) is 14.5 Å². The Bertz CT molecular complexity index is 2850. The first-order valence-corrected chi connectivity index (χ1v) is 18.1. The van der Waals surface area contributed by atoms with Gasteiger partial charge in [-0.2, -0.15) is 0 Å². The van der Waals surface area contributed by atoms with Gasteiger partial charge in [0.25, 0.3) is 0 Å². The van der Waals surface area contributed by atoms with Gasteiger partial charge in [-0.25, -0.2) is 9.97 Å². The first-order valence-electron chi connectivity index (χ1n) is 18.1. The van der Waals surface area contributed by atoms with Crippen molar-refractivity contribution in [2.24, 2.45) is 0 Å². The van der Waals surface area contributed by atoms with Crippen LogP contribution in [0.15, 0.2) is 158 Å². The van der Waals surface area contributed by atoms with Crippen molar-refractivity contribution in [2.45, 2.75) is 25.7 Å². The highest BCUT2D eigenvalue weighted by Gasteiger charge is 2.43. The van der Waals surface area contributed by atoms with Gasteiger partial charge in [0.1, 0.15) is 0 Å². The molecule has 0 unspecified atom stereocenters. The summed E-state index contributed by atoms with van der Waals surface area (Å²) in [5, 5.41) is 4.97. The number of benzene rings is 7. The number of aromatic nitrogens is 3. The van der Waals surface area contributed by atoms with Crippen LogP contribution in [0.2, 0.25) is 0 Å². The van der Waals surface area contributed by atoms with Crippen LogP contribution in [0.1, 0.15) is 36.1 Å². The average Bonchev–Trinajstić information content (AvgIpc) is 3.53. The van der Waals surface area contributed by atoms with E-state index in [9.17, 15) is 0 Å². The van der Waals surface area contributed by atoms with E-state index in [1.54, 1.807) is 0 Å².